The molecule has 152 valence electrons. The minimum Gasteiger partial charge on any atom is -0.461 e. The summed E-state index contributed by atoms with van der Waals surface area (Å²) in [5.74, 6) is 0.462. The maximum Gasteiger partial charge on any atom is 0.323 e. The zero-order valence-corrected chi connectivity index (χ0v) is 16.6. The van der Waals surface area contributed by atoms with E-state index in [9.17, 15) is 4.79 Å². The highest BCUT2D eigenvalue weighted by molar-refractivity contribution is 5.78. The molecule has 0 aliphatic carbocycles. The van der Waals surface area contributed by atoms with Crippen molar-refractivity contribution in [2.45, 2.75) is 20.3 Å². The SMILES string of the molecule is CCCOCCOc1nc(N(C)CC(N)=O)nc(N2CCN(CC)CC2)n1. The number of aromatic nitrogens is 3. The van der Waals surface area contributed by atoms with Crippen molar-refractivity contribution in [2.24, 2.45) is 5.73 Å². The standard InChI is InChI=1S/C17H31N7O3/c1-4-10-26-11-12-27-17-20-15(22(3)13-14(18)25)19-16(21-17)24-8-6-23(5-2)7-9-24/h4-13H2,1-3H3,(H2,18,25). The molecule has 1 aliphatic rings. The molecule has 1 aliphatic heterocycles. The Balaban J connectivity index is 2.11. The van der Waals surface area contributed by atoms with Crippen LogP contribution in [0.5, 0.6) is 6.01 Å². The van der Waals surface area contributed by atoms with E-state index in [-0.39, 0.29) is 12.6 Å². The van der Waals surface area contributed by atoms with Crippen LogP contribution in [0.1, 0.15) is 20.3 Å². The Labute approximate surface area is 160 Å². The molecule has 0 aromatic carbocycles. The maximum atomic E-state index is 11.2. The summed E-state index contributed by atoms with van der Waals surface area (Å²) in [4.78, 5) is 30.6. The fraction of sp³-hybridized carbons (Fsp3) is 0.765. The molecule has 0 radical (unpaired) electrons. The third-order valence-corrected chi connectivity index (χ3v) is 4.24. The van der Waals surface area contributed by atoms with Crippen molar-refractivity contribution in [3.05, 3.63) is 0 Å². The molecule has 1 amide bonds. The van der Waals surface area contributed by atoms with Gasteiger partial charge in [-0.2, -0.15) is 15.0 Å². The molecule has 1 fully saturated rings. The number of rotatable bonds is 11. The molecule has 10 nitrogen and oxygen atoms in total. The number of piperazine rings is 1. The van der Waals surface area contributed by atoms with Crippen LogP contribution in [0.25, 0.3) is 0 Å². The molecule has 1 aromatic rings. The number of hydrogen-bond donors (Lipinski definition) is 1. The molecule has 0 atom stereocenters. The van der Waals surface area contributed by atoms with E-state index in [1.165, 1.54) is 0 Å². The van der Waals surface area contributed by atoms with Gasteiger partial charge in [-0.3, -0.25) is 4.79 Å². The molecule has 1 saturated heterocycles. The van der Waals surface area contributed by atoms with Gasteiger partial charge in [0.1, 0.15) is 6.61 Å². The Kier molecular flexibility index (Phi) is 8.46. The fourth-order valence-corrected chi connectivity index (χ4v) is 2.72. The van der Waals surface area contributed by atoms with Crippen molar-refractivity contribution in [3.63, 3.8) is 0 Å². The molecule has 1 aromatic heterocycles. The van der Waals surface area contributed by atoms with E-state index in [1.807, 2.05) is 0 Å². The minimum atomic E-state index is -0.452. The van der Waals surface area contributed by atoms with Crippen molar-refractivity contribution in [1.29, 1.82) is 0 Å². The number of primary amides is 1. The summed E-state index contributed by atoms with van der Waals surface area (Å²) < 4.78 is 11.1. The molecule has 0 spiro atoms. The van der Waals surface area contributed by atoms with E-state index >= 15 is 0 Å². The second kappa shape index (κ2) is 10.8. The van der Waals surface area contributed by atoms with Crippen LogP contribution in [-0.4, -0.2) is 91.9 Å². The zero-order valence-electron chi connectivity index (χ0n) is 16.6. The molecule has 0 saturated carbocycles. The second-order valence-corrected chi connectivity index (χ2v) is 6.42. The Bertz CT molecular complexity index is 594. The second-order valence-electron chi connectivity index (χ2n) is 6.42. The first-order chi connectivity index (χ1) is 13.0. The normalized spacial score (nSPS) is 15.0. The molecular weight excluding hydrogens is 350 g/mol. The molecule has 2 rings (SSSR count). The lowest BCUT2D eigenvalue weighted by Gasteiger charge is -2.34. The Hall–Kier alpha value is -2.20. The summed E-state index contributed by atoms with van der Waals surface area (Å²) in [5.41, 5.74) is 5.29. The fourth-order valence-electron chi connectivity index (χ4n) is 2.72. The largest absolute Gasteiger partial charge is 0.461 e. The highest BCUT2D eigenvalue weighted by Crippen LogP contribution is 2.18. The molecule has 2 heterocycles. The van der Waals surface area contributed by atoms with Gasteiger partial charge in [0.15, 0.2) is 0 Å². The molecule has 0 bridgehead atoms. The zero-order chi connectivity index (χ0) is 19.6. The highest BCUT2D eigenvalue weighted by atomic mass is 16.5. The van der Waals surface area contributed by atoms with Crippen LogP contribution in [0.3, 0.4) is 0 Å². The first-order valence-electron chi connectivity index (χ1n) is 9.46. The van der Waals surface area contributed by atoms with E-state index in [0.29, 0.717) is 31.7 Å². The van der Waals surface area contributed by atoms with Crippen molar-refractivity contribution in [3.8, 4) is 6.01 Å². The molecule has 10 heteroatoms. The number of amides is 1. The smallest absolute Gasteiger partial charge is 0.323 e. The quantitative estimate of drug-likeness (QED) is 0.518. The third-order valence-electron chi connectivity index (χ3n) is 4.24. The predicted molar refractivity (Wildman–Crippen MR) is 103 cm³/mol. The van der Waals surface area contributed by atoms with Gasteiger partial charge in [0, 0.05) is 39.8 Å². The van der Waals surface area contributed by atoms with E-state index in [2.05, 4.69) is 38.6 Å². The van der Waals surface area contributed by atoms with Crippen LogP contribution in [0, 0.1) is 0 Å². The van der Waals surface area contributed by atoms with Crippen LogP contribution in [0.2, 0.25) is 0 Å². The number of likely N-dealkylation sites (N-methyl/N-ethyl adjacent to an activating group) is 2. The number of carbonyl (C=O) groups is 1. The summed E-state index contributed by atoms with van der Waals surface area (Å²) in [6.45, 7) is 10.3. The number of ether oxygens (including phenoxy) is 2. The monoisotopic (exact) mass is 381 g/mol. The van der Waals surface area contributed by atoms with Crippen LogP contribution in [0.4, 0.5) is 11.9 Å². The van der Waals surface area contributed by atoms with Crippen LogP contribution in [-0.2, 0) is 9.53 Å². The summed E-state index contributed by atoms with van der Waals surface area (Å²) >= 11 is 0. The number of hydrogen-bond acceptors (Lipinski definition) is 9. The Morgan fingerprint density at radius 1 is 1.11 bits per heavy atom. The van der Waals surface area contributed by atoms with Gasteiger partial charge in [0.25, 0.3) is 0 Å². The van der Waals surface area contributed by atoms with Crippen molar-refractivity contribution < 1.29 is 14.3 Å². The van der Waals surface area contributed by atoms with Gasteiger partial charge in [-0.15, -0.1) is 0 Å². The Morgan fingerprint density at radius 2 is 1.85 bits per heavy atom. The van der Waals surface area contributed by atoms with E-state index < -0.39 is 5.91 Å². The highest BCUT2D eigenvalue weighted by Gasteiger charge is 2.21. The lowest BCUT2D eigenvalue weighted by atomic mass is 10.3. The van der Waals surface area contributed by atoms with Crippen LogP contribution >= 0.6 is 0 Å². The lowest BCUT2D eigenvalue weighted by Crippen LogP contribution is -2.47. The van der Waals surface area contributed by atoms with Crippen molar-refractivity contribution in [2.75, 3.05) is 75.9 Å². The number of anilines is 2. The lowest BCUT2D eigenvalue weighted by molar-refractivity contribution is -0.116. The summed E-state index contributed by atoms with van der Waals surface area (Å²) in [6, 6.07) is 0.226. The molecule has 0 unspecified atom stereocenters. The van der Waals surface area contributed by atoms with Gasteiger partial charge < -0.3 is 29.9 Å². The predicted octanol–water partition coefficient (Wildman–Crippen LogP) is -0.260. The van der Waals surface area contributed by atoms with Crippen molar-refractivity contribution >= 4 is 17.8 Å². The maximum absolute atomic E-state index is 11.2. The third kappa shape index (κ3) is 6.79. The summed E-state index contributed by atoms with van der Waals surface area (Å²) in [7, 11) is 1.72. The number of nitrogens with zero attached hydrogens (tertiary/aromatic N) is 6. The van der Waals surface area contributed by atoms with Gasteiger partial charge in [0.05, 0.1) is 13.2 Å². The van der Waals surface area contributed by atoms with E-state index in [4.69, 9.17) is 15.2 Å². The first-order valence-corrected chi connectivity index (χ1v) is 9.46. The van der Waals surface area contributed by atoms with Crippen molar-refractivity contribution in [1.82, 2.24) is 19.9 Å². The van der Waals surface area contributed by atoms with Crippen LogP contribution < -0.4 is 20.3 Å². The van der Waals surface area contributed by atoms with Gasteiger partial charge in [-0.25, -0.2) is 0 Å². The van der Waals surface area contributed by atoms with E-state index in [0.717, 1.165) is 39.1 Å². The topological polar surface area (TPSA) is 110 Å². The van der Waals surface area contributed by atoms with Gasteiger partial charge >= 0.3 is 6.01 Å². The first kappa shape index (κ1) is 21.1. The molecule has 2 N–H and O–H groups in total. The average molecular weight is 381 g/mol. The summed E-state index contributed by atoms with van der Waals surface area (Å²) in [5, 5.41) is 0. The van der Waals surface area contributed by atoms with Gasteiger partial charge in [-0.05, 0) is 13.0 Å². The van der Waals surface area contributed by atoms with Gasteiger partial charge in [0.2, 0.25) is 17.8 Å². The average Bonchev–Trinajstić information content (AvgIpc) is 2.67. The van der Waals surface area contributed by atoms with Crippen LogP contribution in [0.15, 0.2) is 0 Å². The minimum absolute atomic E-state index is 0.0200. The molecular formula is C17H31N7O3. The number of carbonyl (C=O) groups excluding carboxylic acids is 1. The summed E-state index contributed by atoms with van der Waals surface area (Å²) in [6.07, 6.45) is 0.960. The van der Waals surface area contributed by atoms with E-state index in [1.54, 1.807) is 11.9 Å². The Morgan fingerprint density at radius 3 is 2.48 bits per heavy atom. The number of nitrogens with two attached hydrogens (primary N) is 1. The van der Waals surface area contributed by atoms with Gasteiger partial charge in [-0.1, -0.05) is 13.8 Å². The molecule has 27 heavy (non-hydrogen) atoms.